The predicted octanol–water partition coefficient (Wildman–Crippen LogP) is 5.61. The Bertz CT molecular complexity index is 1350. The number of anilines is 3. The van der Waals surface area contributed by atoms with Gasteiger partial charge in [0.1, 0.15) is 5.15 Å². The number of nitrogens with one attached hydrogen (secondary N) is 1. The maximum absolute atomic E-state index is 13.1. The number of benzene rings is 2. The molecule has 1 fully saturated rings. The zero-order valence-electron chi connectivity index (χ0n) is 19.3. The number of rotatable bonds is 4. The smallest absolute Gasteiger partial charge is 0.253 e. The van der Waals surface area contributed by atoms with Gasteiger partial charge in [0.15, 0.2) is 0 Å². The van der Waals surface area contributed by atoms with E-state index < -0.39 is 0 Å². The van der Waals surface area contributed by atoms with Gasteiger partial charge in [-0.1, -0.05) is 29.8 Å². The monoisotopic (exact) mass is 471 g/mol. The summed E-state index contributed by atoms with van der Waals surface area (Å²) >= 11 is 6.20. The SMILES string of the molecule is Cc1cc(N2CCN(C(=O)c3ccc(Nc4cc(Cl)nc5ccccc45)cc3)CC2)c(C)cn1. The molecule has 1 aliphatic heterocycles. The number of halogens is 1. The molecule has 1 saturated heterocycles. The molecule has 2 aromatic heterocycles. The third kappa shape index (κ3) is 4.54. The first-order valence-corrected chi connectivity index (χ1v) is 11.8. The van der Waals surface area contributed by atoms with Gasteiger partial charge < -0.3 is 15.1 Å². The molecule has 0 bridgehead atoms. The molecule has 2 aromatic carbocycles. The lowest BCUT2D eigenvalue weighted by Gasteiger charge is -2.37. The van der Waals surface area contributed by atoms with Gasteiger partial charge in [0.05, 0.1) is 11.2 Å². The van der Waals surface area contributed by atoms with Crippen molar-refractivity contribution in [1.82, 2.24) is 14.9 Å². The molecular weight excluding hydrogens is 446 g/mol. The highest BCUT2D eigenvalue weighted by Gasteiger charge is 2.23. The van der Waals surface area contributed by atoms with Crippen molar-refractivity contribution in [3.05, 3.63) is 88.8 Å². The topological polar surface area (TPSA) is 61.4 Å². The number of carbonyl (C=O) groups excluding carboxylic acids is 1. The Kier molecular flexibility index (Phi) is 6.07. The van der Waals surface area contributed by atoms with Gasteiger partial charge in [0.25, 0.3) is 5.91 Å². The van der Waals surface area contributed by atoms with Gasteiger partial charge >= 0.3 is 0 Å². The first-order valence-electron chi connectivity index (χ1n) is 11.4. The maximum Gasteiger partial charge on any atom is 0.253 e. The van der Waals surface area contributed by atoms with Crippen LogP contribution < -0.4 is 10.2 Å². The van der Waals surface area contributed by atoms with Crippen LogP contribution in [0.4, 0.5) is 17.1 Å². The number of nitrogens with zero attached hydrogens (tertiary/aromatic N) is 4. The summed E-state index contributed by atoms with van der Waals surface area (Å²) in [6, 6.07) is 19.4. The summed E-state index contributed by atoms with van der Waals surface area (Å²) in [6.07, 6.45) is 1.92. The van der Waals surface area contributed by atoms with Crippen LogP contribution in [-0.4, -0.2) is 47.0 Å². The van der Waals surface area contributed by atoms with Crippen molar-refractivity contribution in [2.45, 2.75) is 13.8 Å². The zero-order chi connectivity index (χ0) is 23.7. The Labute approximate surface area is 204 Å². The summed E-state index contributed by atoms with van der Waals surface area (Å²) in [5.41, 5.74) is 6.67. The fraction of sp³-hybridized carbons (Fsp3) is 0.222. The lowest BCUT2D eigenvalue weighted by atomic mass is 10.1. The zero-order valence-corrected chi connectivity index (χ0v) is 20.0. The van der Waals surface area contributed by atoms with Crippen LogP contribution in [0.25, 0.3) is 10.9 Å². The molecule has 1 N–H and O–H groups in total. The molecular formula is C27H26ClN5O. The van der Waals surface area contributed by atoms with E-state index in [2.05, 4.69) is 33.2 Å². The van der Waals surface area contributed by atoms with Crippen molar-refractivity contribution in [3.63, 3.8) is 0 Å². The molecule has 1 aliphatic rings. The van der Waals surface area contributed by atoms with E-state index in [9.17, 15) is 4.79 Å². The van der Waals surface area contributed by atoms with E-state index in [0.717, 1.165) is 46.6 Å². The lowest BCUT2D eigenvalue weighted by molar-refractivity contribution is 0.0747. The minimum absolute atomic E-state index is 0.0613. The summed E-state index contributed by atoms with van der Waals surface area (Å²) in [4.78, 5) is 26.1. The summed E-state index contributed by atoms with van der Waals surface area (Å²) in [5.74, 6) is 0.0613. The molecule has 0 atom stereocenters. The summed E-state index contributed by atoms with van der Waals surface area (Å²) in [5, 5.41) is 4.83. The van der Waals surface area contributed by atoms with Gasteiger partial charge in [-0.05, 0) is 61.9 Å². The molecule has 6 nitrogen and oxygen atoms in total. The second-order valence-corrected chi connectivity index (χ2v) is 8.99. The van der Waals surface area contributed by atoms with Gasteiger partial charge in [0, 0.05) is 60.4 Å². The molecule has 0 aliphatic carbocycles. The number of para-hydroxylation sites is 1. The van der Waals surface area contributed by atoms with E-state index in [4.69, 9.17) is 11.6 Å². The van der Waals surface area contributed by atoms with Crippen LogP contribution in [0.5, 0.6) is 0 Å². The second kappa shape index (κ2) is 9.31. The molecule has 0 saturated carbocycles. The molecule has 0 unspecified atom stereocenters. The van der Waals surface area contributed by atoms with E-state index in [1.54, 1.807) is 0 Å². The number of carbonyl (C=O) groups is 1. The highest BCUT2D eigenvalue weighted by molar-refractivity contribution is 6.30. The minimum atomic E-state index is 0.0613. The second-order valence-electron chi connectivity index (χ2n) is 8.60. The van der Waals surface area contributed by atoms with Crippen LogP contribution in [-0.2, 0) is 0 Å². The van der Waals surface area contributed by atoms with Gasteiger partial charge in [-0.3, -0.25) is 9.78 Å². The highest BCUT2D eigenvalue weighted by Crippen LogP contribution is 2.28. The molecule has 7 heteroatoms. The van der Waals surface area contributed by atoms with Crippen molar-refractivity contribution in [2.24, 2.45) is 0 Å². The summed E-state index contributed by atoms with van der Waals surface area (Å²) < 4.78 is 0. The number of amides is 1. The third-order valence-corrected chi connectivity index (χ3v) is 6.41. The Hall–Kier alpha value is -3.64. The van der Waals surface area contributed by atoms with Crippen molar-refractivity contribution >= 4 is 45.5 Å². The molecule has 1 amide bonds. The Morgan fingerprint density at radius 3 is 2.47 bits per heavy atom. The first kappa shape index (κ1) is 22.2. The number of aryl methyl sites for hydroxylation is 2. The molecule has 34 heavy (non-hydrogen) atoms. The van der Waals surface area contributed by atoms with Crippen LogP contribution in [0.1, 0.15) is 21.6 Å². The molecule has 4 aromatic rings. The van der Waals surface area contributed by atoms with Crippen LogP contribution >= 0.6 is 11.6 Å². The Morgan fingerprint density at radius 1 is 0.971 bits per heavy atom. The molecule has 0 spiro atoms. The van der Waals surface area contributed by atoms with Crippen LogP contribution in [0.2, 0.25) is 5.15 Å². The van der Waals surface area contributed by atoms with Crippen molar-refractivity contribution in [2.75, 3.05) is 36.4 Å². The Balaban J connectivity index is 1.26. The number of pyridine rings is 2. The average Bonchev–Trinajstić information content (AvgIpc) is 2.85. The Morgan fingerprint density at radius 2 is 1.71 bits per heavy atom. The van der Waals surface area contributed by atoms with Crippen LogP contribution in [0.3, 0.4) is 0 Å². The van der Waals surface area contributed by atoms with E-state index >= 15 is 0 Å². The number of aromatic nitrogens is 2. The molecule has 3 heterocycles. The van der Waals surface area contributed by atoms with E-state index in [1.807, 2.05) is 72.6 Å². The quantitative estimate of drug-likeness (QED) is 0.392. The number of piperazine rings is 1. The molecule has 5 rings (SSSR count). The molecule has 172 valence electrons. The predicted molar refractivity (Wildman–Crippen MR) is 138 cm³/mol. The van der Waals surface area contributed by atoms with Crippen LogP contribution in [0, 0.1) is 13.8 Å². The lowest BCUT2D eigenvalue weighted by Crippen LogP contribution is -2.49. The van der Waals surface area contributed by atoms with Gasteiger partial charge in [0.2, 0.25) is 0 Å². The largest absolute Gasteiger partial charge is 0.368 e. The standard InChI is InChI=1S/C27H26ClN5O/c1-18-17-29-19(2)15-25(18)32-11-13-33(14-12-32)27(34)20-7-9-21(10-8-20)30-24-16-26(28)31-23-6-4-3-5-22(23)24/h3-10,15-17H,11-14H2,1-2H3,(H,30,31). The van der Waals surface area contributed by atoms with E-state index in [0.29, 0.717) is 23.8 Å². The van der Waals surface area contributed by atoms with Gasteiger partial charge in [-0.25, -0.2) is 4.98 Å². The summed E-state index contributed by atoms with van der Waals surface area (Å²) in [7, 11) is 0. The van der Waals surface area contributed by atoms with Gasteiger partial charge in [-0.2, -0.15) is 0 Å². The van der Waals surface area contributed by atoms with Crippen molar-refractivity contribution < 1.29 is 4.79 Å². The number of hydrogen-bond acceptors (Lipinski definition) is 5. The van der Waals surface area contributed by atoms with Gasteiger partial charge in [-0.15, -0.1) is 0 Å². The number of fused-ring (bicyclic) bond motifs is 1. The maximum atomic E-state index is 13.1. The third-order valence-electron chi connectivity index (χ3n) is 6.21. The number of hydrogen-bond donors (Lipinski definition) is 1. The van der Waals surface area contributed by atoms with Crippen molar-refractivity contribution in [1.29, 1.82) is 0 Å². The first-order chi connectivity index (χ1) is 16.5. The van der Waals surface area contributed by atoms with E-state index in [1.165, 1.54) is 5.69 Å². The van der Waals surface area contributed by atoms with E-state index in [-0.39, 0.29) is 5.91 Å². The minimum Gasteiger partial charge on any atom is -0.368 e. The fourth-order valence-electron chi connectivity index (χ4n) is 4.39. The summed E-state index contributed by atoms with van der Waals surface area (Å²) in [6.45, 7) is 7.10. The van der Waals surface area contributed by atoms with Crippen LogP contribution in [0.15, 0.2) is 66.9 Å². The highest BCUT2D eigenvalue weighted by atomic mass is 35.5. The molecule has 0 radical (unpaired) electrons. The fourth-order valence-corrected chi connectivity index (χ4v) is 4.59. The average molecular weight is 472 g/mol. The van der Waals surface area contributed by atoms with Crippen molar-refractivity contribution in [3.8, 4) is 0 Å². The normalized spacial score (nSPS) is 13.9.